The lowest BCUT2D eigenvalue weighted by Gasteiger charge is -2.21. The maximum atomic E-state index is 12.5. The number of carbonyl (C=O) groups excluding carboxylic acids is 1. The summed E-state index contributed by atoms with van der Waals surface area (Å²) in [4.78, 5) is 18.4. The number of aryl methyl sites for hydroxylation is 1. The molecule has 0 aliphatic heterocycles. The van der Waals surface area contributed by atoms with Gasteiger partial charge < -0.3 is 5.32 Å². The maximum absolute atomic E-state index is 12.5. The zero-order chi connectivity index (χ0) is 20.9. The van der Waals surface area contributed by atoms with Crippen LogP contribution < -0.4 is 5.32 Å². The summed E-state index contributed by atoms with van der Waals surface area (Å²) in [6.07, 6.45) is 9.50. The fourth-order valence-corrected chi connectivity index (χ4v) is 5.25. The van der Waals surface area contributed by atoms with Crippen molar-refractivity contribution >= 4 is 34.7 Å². The van der Waals surface area contributed by atoms with Crippen molar-refractivity contribution in [1.29, 1.82) is 5.26 Å². The van der Waals surface area contributed by atoms with Gasteiger partial charge in [-0.15, -0.1) is 17.8 Å². The minimum Gasteiger partial charge on any atom is -0.325 e. The van der Waals surface area contributed by atoms with Crippen molar-refractivity contribution in [3.05, 3.63) is 64.2 Å². The molecule has 1 aliphatic rings. The van der Waals surface area contributed by atoms with E-state index in [2.05, 4.69) is 23.4 Å². The van der Waals surface area contributed by atoms with Gasteiger partial charge in [0.1, 0.15) is 11.1 Å². The highest BCUT2D eigenvalue weighted by atomic mass is 32.2. The second-order valence-electron chi connectivity index (χ2n) is 6.95. The van der Waals surface area contributed by atoms with Gasteiger partial charge in [0.15, 0.2) is 0 Å². The summed E-state index contributed by atoms with van der Waals surface area (Å²) in [5.74, 6) is 2.57. The van der Waals surface area contributed by atoms with E-state index in [1.807, 2.05) is 23.6 Å². The van der Waals surface area contributed by atoms with Crippen LogP contribution in [0.3, 0.4) is 0 Å². The molecule has 0 fully saturated rings. The molecule has 0 spiro atoms. The van der Waals surface area contributed by atoms with E-state index in [0.717, 1.165) is 41.8 Å². The summed E-state index contributed by atoms with van der Waals surface area (Å²) in [7, 11) is 0. The highest BCUT2D eigenvalue weighted by molar-refractivity contribution is 8.00. The molecule has 0 saturated carbocycles. The molecule has 6 heteroatoms. The monoisotopic (exact) mass is 429 g/mol. The molecule has 4 nitrogen and oxygen atoms in total. The Labute approximate surface area is 184 Å². The number of rotatable bonds is 5. The van der Waals surface area contributed by atoms with E-state index < -0.39 is 0 Å². The normalized spacial score (nSPS) is 12.5. The van der Waals surface area contributed by atoms with Crippen LogP contribution in [0.5, 0.6) is 0 Å². The molecule has 0 saturated heterocycles. The Morgan fingerprint density at radius 3 is 2.90 bits per heavy atom. The minimum atomic E-state index is -0.157. The number of amides is 1. The molecule has 1 amide bonds. The van der Waals surface area contributed by atoms with Crippen molar-refractivity contribution in [2.75, 3.05) is 11.1 Å². The zero-order valence-electron chi connectivity index (χ0n) is 16.3. The number of anilines is 1. The van der Waals surface area contributed by atoms with Crippen LogP contribution in [0.25, 0.3) is 10.4 Å². The van der Waals surface area contributed by atoms with E-state index in [4.69, 9.17) is 11.4 Å². The van der Waals surface area contributed by atoms with Gasteiger partial charge in [0.25, 0.3) is 0 Å². The lowest BCUT2D eigenvalue weighted by Crippen LogP contribution is -2.15. The van der Waals surface area contributed by atoms with Crippen LogP contribution >= 0.6 is 23.1 Å². The Morgan fingerprint density at radius 2 is 2.13 bits per heavy atom. The predicted octanol–water partition coefficient (Wildman–Crippen LogP) is 5.27. The molecular weight excluding hydrogens is 410 g/mol. The number of nitrogens with zero attached hydrogens (tertiary/aromatic N) is 2. The standard InChI is InChI=1S/C24H19N3OS2/c1-2-16-7-5-8-17(13-16)26-22(28)15-30-24-19(14-25)23(21-11-6-12-29-21)18-9-3-4-10-20(18)27-24/h1,5-8,11-13H,3-4,9-10,15H2,(H,26,28). The number of thioether (sulfide) groups is 1. The molecule has 0 unspecified atom stereocenters. The van der Waals surface area contributed by atoms with E-state index >= 15 is 0 Å². The number of thiophene rings is 1. The molecule has 30 heavy (non-hydrogen) atoms. The summed E-state index contributed by atoms with van der Waals surface area (Å²) in [6, 6.07) is 13.6. The smallest absolute Gasteiger partial charge is 0.234 e. The number of aromatic nitrogens is 1. The van der Waals surface area contributed by atoms with Crippen molar-refractivity contribution in [2.24, 2.45) is 0 Å². The fourth-order valence-electron chi connectivity index (χ4n) is 3.64. The summed E-state index contributed by atoms with van der Waals surface area (Å²) >= 11 is 2.94. The number of benzene rings is 1. The molecule has 0 atom stereocenters. The number of terminal acetylenes is 1. The van der Waals surface area contributed by atoms with Gasteiger partial charge in [-0.25, -0.2) is 4.98 Å². The largest absolute Gasteiger partial charge is 0.325 e. The van der Waals surface area contributed by atoms with Gasteiger partial charge in [0.05, 0.1) is 11.3 Å². The quantitative estimate of drug-likeness (QED) is 0.443. The van der Waals surface area contributed by atoms with E-state index in [1.165, 1.54) is 17.3 Å². The molecule has 2 aromatic heterocycles. The topological polar surface area (TPSA) is 65.8 Å². The van der Waals surface area contributed by atoms with E-state index in [0.29, 0.717) is 21.8 Å². The molecule has 0 radical (unpaired) electrons. The molecule has 0 bridgehead atoms. The Kier molecular flexibility index (Phi) is 6.18. The van der Waals surface area contributed by atoms with Crippen molar-refractivity contribution in [2.45, 2.75) is 30.7 Å². The number of carbonyl (C=O) groups is 1. The first-order chi connectivity index (χ1) is 14.7. The van der Waals surface area contributed by atoms with Crippen LogP contribution in [0.15, 0.2) is 46.8 Å². The zero-order valence-corrected chi connectivity index (χ0v) is 17.9. The molecule has 4 rings (SSSR count). The Balaban J connectivity index is 1.60. The van der Waals surface area contributed by atoms with Gasteiger partial charge >= 0.3 is 0 Å². The third-order valence-corrected chi connectivity index (χ3v) is 6.84. The van der Waals surface area contributed by atoms with Gasteiger partial charge in [0.2, 0.25) is 5.91 Å². The lowest BCUT2D eigenvalue weighted by molar-refractivity contribution is -0.113. The molecule has 1 aromatic carbocycles. The van der Waals surface area contributed by atoms with Gasteiger partial charge in [-0.1, -0.05) is 29.8 Å². The predicted molar refractivity (Wildman–Crippen MR) is 123 cm³/mol. The van der Waals surface area contributed by atoms with Crippen LogP contribution in [0.2, 0.25) is 0 Å². The van der Waals surface area contributed by atoms with Crippen molar-refractivity contribution in [1.82, 2.24) is 4.98 Å². The number of hydrogen-bond acceptors (Lipinski definition) is 5. The number of fused-ring (bicyclic) bond motifs is 1. The lowest BCUT2D eigenvalue weighted by atomic mass is 9.89. The highest BCUT2D eigenvalue weighted by Crippen LogP contribution is 2.39. The second-order valence-corrected chi connectivity index (χ2v) is 8.86. The summed E-state index contributed by atoms with van der Waals surface area (Å²) in [5, 5.41) is 15.5. The third kappa shape index (κ3) is 4.26. The third-order valence-electron chi connectivity index (χ3n) is 4.97. The van der Waals surface area contributed by atoms with Crippen molar-refractivity contribution < 1.29 is 4.79 Å². The highest BCUT2D eigenvalue weighted by Gasteiger charge is 2.24. The van der Waals surface area contributed by atoms with Gasteiger partial charge in [-0.3, -0.25) is 4.79 Å². The number of nitrogens with one attached hydrogen (secondary N) is 1. The van der Waals surface area contributed by atoms with E-state index in [9.17, 15) is 10.1 Å². The van der Waals surface area contributed by atoms with Crippen LogP contribution in [-0.4, -0.2) is 16.6 Å². The number of nitriles is 1. The minimum absolute atomic E-state index is 0.157. The maximum Gasteiger partial charge on any atom is 0.234 e. The van der Waals surface area contributed by atoms with E-state index in [-0.39, 0.29) is 11.7 Å². The van der Waals surface area contributed by atoms with Crippen molar-refractivity contribution in [3.63, 3.8) is 0 Å². The first-order valence-electron chi connectivity index (χ1n) is 9.68. The van der Waals surface area contributed by atoms with Crippen LogP contribution in [0, 0.1) is 23.7 Å². The molecule has 1 N–H and O–H groups in total. The van der Waals surface area contributed by atoms with Crippen LogP contribution in [-0.2, 0) is 17.6 Å². The first kappa shape index (κ1) is 20.2. The second kappa shape index (κ2) is 9.17. The summed E-state index contributed by atoms with van der Waals surface area (Å²) in [5.41, 5.74) is 5.21. The van der Waals surface area contributed by atoms with Gasteiger partial charge in [0, 0.05) is 27.4 Å². The SMILES string of the molecule is C#Cc1cccc(NC(=O)CSc2nc3c(c(-c4cccs4)c2C#N)CCCC3)c1. The Bertz CT molecular complexity index is 1170. The van der Waals surface area contributed by atoms with Crippen molar-refractivity contribution in [3.8, 4) is 28.9 Å². The first-order valence-corrected chi connectivity index (χ1v) is 11.5. The fraction of sp³-hybridized carbons (Fsp3) is 0.208. The average molecular weight is 430 g/mol. The molecule has 1 aliphatic carbocycles. The number of pyridine rings is 1. The van der Waals surface area contributed by atoms with Gasteiger partial charge in [-0.2, -0.15) is 5.26 Å². The molecule has 148 valence electrons. The van der Waals surface area contributed by atoms with E-state index in [1.54, 1.807) is 23.5 Å². The summed E-state index contributed by atoms with van der Waals surface area (Å²) in [6.45, 7) is 0. The average Bonchev–Trinajstić information content (AvgIpc) is 3.31. The molecular formula is C24H19N3OS2. The molecule has 3 aromatic rings. The van der Waals surface area contributed by atoms with Crippen LogP contribution in [0.1, 0.15) is 35.2 Å². The Hall–Kier alpha value is -3.06. The van der Waals surface area contributed by atoms with Crippen LogP contribution in [0.4, 0.5) is 5.69 Å². The van der Waals surface area contributed by atoms with Gasteiger partial charge in [-0.05, 0) is 60.9 Å². The molecule has 2 heterocycles. The summed E-state index contributed by atoms with van der Waals surface area (Å²) < 4.78 is 0. The Morgan fingerprint density at radius 1 is 1.27 bits per heavy atom. The number of hydrogen-bond donors (Lipinski definition) is 1.